The molecule has 2 unspecified atom stereocenters. The van der Waals surface area contributed by atoms with Crippen molar-refractivity contribution in [2.45, 2.75) is 67.7 Å². The van der Waals surface area contributed by atoms with Gasteiger partial charge in [-0.3, -0.25) is 0 Å². The molecule has 0 radical (unpaired) electrons. The highest BCUT2D eigenvalue weighted by Gasteiger charge is 2.46. The fourth-order valence-corrected chi connectivity index (χ4v) is 4.63. The zero-order chi connectivity index (χ0) is 17.0. The molecule has 3 rings (SSSR count). The van der Waals surface area contributed by atoms with E-state index >= 15 is 0 Å². The minimum absolute atomic E-state index is 0.286. The van der Waals surface area contributed by atoms with Crippen LogP contribution in [0.2, 0.25) is 0 Å². The minimum atomic E-state index is 0.286. The van der Waals surface area contributed by atoms with Gasteiger partial charge in [-0.05, 0) is 47.7 Å². The maximum atomic E-state index is 2.58. The van der Waals surface area contributed by atoms with E-state index in [0.717, 1.165) is 0 Å². The number of hydrogen-bond donors (Lipinski definition) is 0. The lowest BCUT2D eigenvalue weighted by Gasteiger charge is -2.45. The van der Waals surface area contributed by atoms with E-state index in [1.54, 1.807) is 16.7 Å². The molecule has 0 aromatic rings. The van der Waals surface area contributed by atoms with Crippen LogP contribution in [0.4, 0.5) is 0 Å². The summed E-state index contributed by atoms with van der Waals surface area (Å²) in [6.45, 7) is 16.7. The average Bonchev–Trinajstić information content (AvgIpc) is 3.11. The van der Waals surface area contributed by atoms with E-state index < -0.39 is 0 Å². The Hall–Kier alpha value is -1.04. The molecule has 0 saturated heterocycles. The van der Waals surface area contributed by atoms with Gasteiger partial charge in [-0.2, -0.15) is 0 Å². The van der Waals surface area contributed by atoms with E-state index in [-0.39, 0.29) is 5.41 Å². The van der Waals surface area contributed by atoms with Gasteiger partial charge in [0.15, 0.2) is 0 Å². The highest BCUT2D eigenvalue weighted by Crippen LogP contribution is 2.58. The fourth-order valence-electron chi connectivity index (χ4n) is 4.63. The number of rotatable bonds is 3. The van der Waals surface area contributed by atoms with Crippen molar-refractivity contribution in [3.05, 3.63) is 46.6 Å². The number of allylic oxidation sites excluding steroid dienone is 8. The Bertz CT molecular complexity index is 618. The van der Waals surface area contributed by atoms with E-state index in [0.29, 0.717) is 23.2 Å². The van der Waals surface area contributed by atoms with Crippen molar-refractivity contribution in [3.63, 3.8) is 0 Å². The van der Waals surface area contributed by atoms with Gasteiger partial charge in [-0.15, -0.1) is 0 Å². The molecular formula is C23H34. The van der Waals surface area contributed by atoms with Crippen molar-refractivity contribution < 1.29 is 0 Å². The molecule has 3 aliphatic rings. The lowest BCUT2D eigenvalue weighted by Crippen LogP contribution is -2.35. The van der Waals surface area contributed by atoms with Crippen LogP contribution in [0.5, 0.6) is 0 Å². The summed E-state index contributed by atoms with van der Waals surface area (Å²) in [6, 6.07) is 0. The molecule has 0 amide bonds. The van der Waals surface area contributed by atoms with E-state index in [1.807, 2.05) is 0 Å². The Morgan fingerprint density at radius 3 is 2.26 bits per heavy atom. The molecule has 0 N–H and O–H groups in total. The van der Waals surface area contributed by atoms with E-state index in [2.05, 4.69) is 72.8 Å². The standard InChI is InChI=1S/C23H34/c1-15(2)17-8-9-19(12-17)23(7)11-10-22(5,6)20-13-18(16(3)4)14-21(20)23/h8-9,12,14-16,19H,10-11,13H2,1-7H3. The zero-order valence-electron chi connectivity index (χ0n) is 16.2. The lowest BCUT2D eigenvalue weighted by atomic mass is 9.59. The zero-order valence-corrected chi connectivity index (χ0v) is 16.2. The monoisotopic (exact) mass is 310 g/mol. The van der Waals surface area contributed by atoms with Gasteiger partial charge in [-0.1, -0.05) is 83.9 Å². The Balaban J connectivity index is 2.03. The second-order valence-corrected chi connectivity index (χ2v) is 9.45. The molecule has 0 saturated carbocycles. The van der Waals surface area contributed by atoms with Crippen LogP contribution in [0.25, 0.3) is 0 Å². The van der Waals surface area contributed by atoms with Crippen molar-refractivity contribution in [1.29, 1.82) is 0 Å². The summed E-state index contributed by atoms with van der Waals surface area (Å²) in [5, 5.41) is 0. The highest BCUT2D eigenvalue weighted by atomic mass is 14.5. The van der Waals surface area contributed by atoms with E-state index in [1.165, 1.54) is 24.8 Å². The maximum Gasteiger partial charge on any atom is 0.00500 e. The molecular weight excluding hydrogens is 276 g/mol. The Morgan fingerprint density at radius 2 is 1.70 bits per heavy atom. The summed E-state index contributed by atoms with van der Waals surface area (Å²) in [6.07, 6.45) is 13.8. The molecule has 0 aliphatic heterocycles. The van der Waals surface area contributed by atoms with Gasteiger partial charge in [0.2, 0.25) is 0 Å². The SMILES string of the molecule is CC(C)C1=CC(C2(C)CCC(C)(C)C3=C2C=C(C(C)C)C3)C=C1. The van der Waals surface area contributed by atoms with Gasteiger partial charge in [0.05, 0.1) is 0 Å². The van der Waals surface area contributed by atoms with Crippen LogP contribution in [0, 0.1) is 28.6 Å². The first-order valence-corrected chi connectivity index (χ1v) is 9.49. The van der Waals surface area contributed by atoms with Crippen molar-refractivity contribution >= 4 is 0 Å². The largest absolute Gasteiger partial charge is 0.0764 e. The summed E-state index contributed by atoms with van der Waals surface area (Å²) in [5.74, 6) is 1.88. The summed E-state index contributed by atoms with van der Waals surface area (Å²) in [5.41, 5.74) is 7.23. The molecule has 0 aromatic carbocycles. The van der Waals surface area contributed by atoms with Gasteiger partial charge in [0.25, 0.3) is 0 Å². The smallest absolute Gasteiger partial charge is 0.00500 e. The van der Waals surface area contributed by atoms with Crippen molar-refractivity contribution in [3.8, 4) is 0 Å². The fraction of sp³-hybridized carbons (Fsp3) is 0.652. The van der Waals surface area contributed by atoms with Gasteiger partial charge >= 0.3 is 0 Å². The molecule has 0 aromatic heterocycles. The summed E-state index contributed by atoms with van der Waals surface area (Å²) in [7, 11) is 0. The van der Waals surface area contributed by atoms with Crippen LogP contribution < -0.4 is 0 Å². The van der Waals surface area contributed by atoms with Gasteiger partial charge in [-0.25, -0.2) is 0 Å². The lowest BCUT2D eigenvalue weighted by molar-refractivity contribution is 0.219. The Morgan fingerprint density at radius 1 is 1.00 bits per heavy atom. The minimum Gasteiger partial charge on any atom is -0.0764 e. The molecule has 23 heavy (non-hydrogen) atoms. The second kappa shape index (κ2) is 5.50. The molecule has 126 valence electrons. The van der Waals surface area contributed by atoms with Crippen molar-refractivity contribution in [2.24, 2.45) is 28.6 Å². The van der Waals surface area contributed by atoms with Crippen LogP contribution in [0.3, 0.4) is 0 Å². The summed E-state index contributed by atoms with van der Waals surface area (Å²) < 4.78 is 0. The molecule has 0 bridgehead atoms. The molecule has 0 nitrogen and oxygen atoms in total. The quantitative estimate of drug-likeness (QED) is 0.534. The van der Waals surface area contributed by atoms with Crippen molar-refractivity contribution in [1.82, 2.24) is 0 Å². The normalized spacial score (nSPS) is 32.7. The second-order valence-electron chi connectivity index (χ2n) is 9.45. The highest BCUT2D eigenvalue weighted by molar-refractivity contribution is 5.50. The molecule has 3 aliphatic carbocycles. The molecule has 2 atom stereocenters. The molecule has 0 spiro atoms. The van der Waals surface area contributed by atoms with Crippen LogP contribution >= 0.6 is 0 Å². The Kier molecular flexibility index (Phi) is 4.02. The molecule has 0 fully saturated rings. The maximum absolute atomic E-state index is 2.58. The first kappa shape index (κ1) is 16.8. The number of hydrogen-bond acceptors (Lipinski definition) is 0. The topological polar surface area (TPSA) is 0 Å². The van der Waals surface area contributed by atoms with Gasteiger partial charge < -0.3 is 0 Å². The predicted octanol–water partition coefficient (Wildman–Crippen LogP) is 6.86. The third-order valence-corrected chi connectivity index (χ3v) is 6.75. The van der Waals surface area contributed by atoms with E-state index in [9.17, 15) is 0 Å². The summed E-state index contributed by atoms with van der Waals surface area (Å²) >= 11 is 0. The first-order chi connectivity index (χ1) is 10.6. The molecule has 0 heterocycles. The first-order valence-electron chi connectivity index (χ1n) is 9.49. The molecule has 0 heteroatoms. The van der Waals surface area contributed by atoms with Gasteiger partial charge in [0, 0.05) is 11.3 Å². The van der Waals surface area contributed by atoms with Crippen LogP contribution in [0.15, 0.2) is 46.6 Å². The van der Waals surface area contributed by atoms with Crippen molar-refractivity contribution in [2.75, 3.05) is 0 Å². The summed E-state index contributed by atoms with van der Waals surface area (Å²) in [4.78, 5) is 0. The predicted molar refractivity (Wildman–Crippen MR) is 101 cm³/mol. The third kappa shape index (κ3) is 2.69. The third-order valence-electron chi connectivity index (χ3n) is 6.75. The van der Waals surface area contributed by atoms with Gasteiger partial charge in [0.1, 0.15) is 0 Å². The van der Waals surface area contributed by atoms with Crippen LogP contribution in [-0.4, -0.2) is 0 Å². The Labute approximate surface area is 143 Å². The van der Waals surface area contributed by atoms with Crippen LogP contribution in [-0.2, 0) is 0 Å². The van der Waals surface area contributed by atoms with E-state index in [4.69, 9.17) is 0 Å². The average molecular weight is 311 g/mol. The van der Waals surface area contributed by atoms with Crippen LogP contribution in [0.1, 0.15) is 67.7 Å².